The smallest absolute Gasteiger partial charge is 0.255 e. The molecule has 0 unspecified atom stereocenters. The van der Waals surface area contributed by atoms with E-state index in [0.717, 1.165) is 11.3 Å². The second-order valence-corrected chi connectivity index (χ2v) is 6.11. The summed E-state index contributed by atoms with van der Waals surface area (Å²) in [7, 11) is 0. The highest BCUT2D eigenvalue weighted by atomic mass is 32.2. The molecule has 0 heterocycles. The number of nitrogens with one attached hydrogen (secondary N) is 1. The summed E-state index contributed by atoms with van der Waals surface area (Å²) in [4.78, 5) is 13.1. The van der Waals surface area contributed by atoms with Gasteiger partial charge in [0.15, 0.2) is 0 Å². The van der Waals surface area contributed by atoms with E-state index in [1.54, 1.807) is 23.9 Å². The van der Waals surface area contributed by atoms with Crippen LogP contribution in [0.3, 0.4) is 0 Å². The molecule has 0 aliphatic carbocycles. The summed E-state index contributed by atoms with van der Waals surface area (Å²) in [5.41, 5.74) is 2.49. The van der Waals surface area contributed by atoms with Crippen molar-refractivity contribution in [1.29, 1.82) is 0 Å². The Hall–Kier alpha value is -1.94. The number of rotatable bonds is 5. The van der Waals surface area contributed by atoms with Gasteiger partial charge in [0.2, 0.25) is 0 Å². The van der Waals surface area contributed by atoms with Gasteiger partial charge in [-0.25, -0.2) is 0 Å². The van der Waals surface area contributed by atoms with Gasteiger partial charge in [-0.1, -0.05) is 23.8 Å². The number of carbonyl (C=O) groups is 1. The molecule has 0 fully saturated rings. The summed E-state index contributed by atoms with van der Waals surface area (Å²) in [5, 5.41) is 12.6. The maximum Gasteiger partial charge on any atom is 0.255 e. The highest BCUT2D eigenvalue weighted by Crippen LogP contribution is 2.19. The van der Waals surface area contributed by atoms with Gasteiger partial charge in [0.25, 0.3) is 5.91 Å². The van der Waals surface area contributed by atoms with E-state index < -0.39 is 0 Å². The molecule has 0 aromatic heterocycles. The van der Waals surface area contributed by atoms with E-state index >= 15 is 0 Å². The Bertz CT molecular complexity index is 623. The zero-order chi connectivity index (χ0) is 15.2. The molecule has 2 aromatic carbocycles. The van der Waals surface area contributed by atoms with Crippen molar-refractivity contribution in [2.24, 2.45) is 0 Å². The number of carbonyl (C=O) groups excluding carboxylic acids is 1. The van der Waals surface area contributed by atoms with Crippen LogP contribution in [0.25, 0.3) is 0 Å². The lowest BCUT2D eigenvalue weighted by atomic mass is 10.1. The molecule has 3 nitrogen and oxygen atoms in total. The lowest BCUT2D eigenvalue weighted by Crippen LogP contribution is -2.25. The van der Waals surface area contributed by atoms with Gasteiger partial charge in [-0.3, -0.25) is 4.79 Å². The van der Waals surface area contributed by atoms with Gasteiger partial charge in [0.05, 0.1) is 5.56 Å². The summed E-state index contributed by atoms with van der Waals surface area (Å²) in [6, 6.07) is 13.4. The maximum absolute atomic E-state index is 12.0. The number of benzene rings is 2. The third-order valence-corrected chi connectivity index (χ3v) is 4.09. The van der Waals surface area contributed by atoms with Crippen LogP contribution in [0.4, 0.5) is 0 Å². The SMILES string of the molecule is Cc1ccc(SCCNC(=O)c2ccc(C)cc2O)cc1. The number of aryl methyl sites for hydroxylation is 2. The second kappa shape index (κ2) is 7.18. The van der Waals surface area contributed by atoms with Crippen LogP contribution in [0, 0.1) is 13.8 Å². The number of phenolic OH excluding ortho intramolecular Hbond substituents is 1. The van der Waals surface area contributed by atoms with E-state index in [4.69, 9.17) is 0 Å². The topological polar surface area (TPSA) is 49.3 Å². The monoisotopic (exact) mass is 301 g/mol. The molecule has 21 heavy (non-hydrogen) atoms. The third kappa shape index (κ3) is 4.53. The molecule has 4 heteroatoms. The van der Waals surface area contributed by atoms with Crippen molar-refractivity contribution in [1.82, 2.24) is 5.32 Å². The Morgan fingerprint density at radius 1 is 1.10 bits per heavy atom. The summed E-state index contributed by atoms with van der Waals surface area (Å²) < 4.78 is 0. The molecule has 2 aromatic rings. The number of phenols is 1. The van der Waals surface area contributed by atoms with Crippen LogP contribution in [-0.4, -0.2) is 23.3 Å². The van der Waals surface area contributed by atoms with Crippen LogP contribution < -0.4 is 5.32 Å². The third-order valence-electron chi connectivity index (χ3n) is 3.08. The van der Waals surface area contributed by atoms with Crippen molar-refractivity contribution in [2.75, 3.05) is 12.3 Å². The number of aromatic hydroxyl groups is 1. The zero-order valence-electron chi connectivity index (χ0n) is 12.2. The molecule has 0 saturated heterocycles. The molecule has 0 atom stereocenters. The summed E-state index contributed by atoms with van der Waals surface area (Å²) in [5.74, 6) is 0.581. The minimum absolute atomic E-state index is 0.0266. The Morgan fingerprint density at radius 3 is 2.43 bits per heavy atom. The average molecular weight is 301 g/mol. The van der Waals surface area contributed by atoms with Gasteiger partial charge in [0, 0.05) is 17.2 Å². The minimum Gasteiger partial charge on any atom is -0.507 e. The minimum atomic E-state index is -0.239. The highest BCUT2D eigenvalue weighted by Gasteiger charge is 2.10. The standard InChI is InChI=1S/C17H19NO2S/c1-12-3-6-14(7-4-12)21-10-9-18-17(20)15-8-5-13(2)11-16(15)19/h3-8,11,19H,9-10H2,1-2H3,(H,18,20). The van der Waals surface area contributed by atoms with Crippen molar-refractivity contribution < 1.29 is 9.90 Å². The van der Waals surface area contributed by atoms with E-state index in [9.17, 15) is 9.90 Å². The van der Waals surface area contributed by atoms with Crippen LogP contribution in [0.5, 0.6) is 5.75 Å². The molecule has 2 N–H and O–H groups in total. The fraction of sp³-hybridized carbons (Fsp3) is 0.235. The largest absolute Gasteiger partial charge is 0.507 e. The quantitative estimate of drug-likeness (QED) is 0.656. The lowest BCUT2D eigenvalue weighted by Gasteiger charge is -2.07. The molecule has 0 aliphatic rings. The first-order chi connectivity index (χ1) is 10.1. The Kier molecular flexibility index (Phi) is 5.28. The zero-order valence-corrected chi connectivity index (χ0v) is 13.0. The second-order valence-electron chi connectivity index (χ2n) is 4.94. The van der Waals surface area contributed by atoms with Gasteiger partial charge in [-0.15, -0.1) is 11.8 Å². The number of hydrogen-bond acceptors (Lipinski definition) is 3. The fourth-order valence-corrected chi connectivity index (χ4v) is 2.67. The average Bonchev–Trinajstić information content (AvgIpc) is 2.45. The Balaban J connectivity index is 1.80. The van der Waals surface area contributed by atoms with Crippen LogP contribution in [0.15, 0.2) is 47.4 Å². The molecule has 0 radical (unpaired) electrons. The molecular formula is C17H19NO2S. The van der Waals surface area contributed by atoms with Crippen LogP contribution in [-0.2, 0) is 0 Å². The first-order valence-corrected chi connectivity index (χ1v) is 7.82. The number of amides is 1. The van der Waals surface area contributed by atoms with E-state index in [-0.39, 0.29) is 11.7 Å². The Morgan fingerprint density at radius 2 is 1.76 bits per heavy atom. The van der Waals surface area contributed by atoms with Gasteiger partial charge in [-0.05, 0) is 43.7 Å². The van der Waals surface area contributed by atoms with Crippen LogP contribution >= 0.6 is 11.8 Å². The van der Waals surface area contributed by atoms with E-state index in [1.165, 1.54) is 10.5 Å². The van der Waals surface area contributed by atoms with Crippen LogP contribution in [0.2, 0.25) is 0 Å². The van der Waals surface area contributed by atoms with Crippen molar-refractivity contribution in [3.63, 3.8) is 0 Å². The van der Waals surface area contributed by atoms with Gasteiger partial charge < -0.3 is 10.4 Å². The fourth-order valence-electron chi connectivity index (χ4n) is 1.90. The first kappa shape index (κ1) is 15.4. The van der Waals surface area contributed by atoms with Crippen LogP contribution in [0.1, 0.15) is 21.5 Å². The van der Waals surface area contributed by atoms with E-state index in [0.29, 0.717) is 12.1 Å². The predicted octanol–water partition coefficient (Wildman–Crippen LogP) is 3.53. The van der Waals surface area contributed by atoms with Crippen molar-refractivity contribution in [2.45, 2.75) is 18.7 Å². The highest BCUT2D eigenvalue weighted by molar-refractivity contribution is 7.99. The van der Waals surface area contributed by atoms with Crippen molar-refractivity contribution >= 4 is 17.7 Å². The molecule has 1 amide bonds. The molecule has 110 valence electrons. The summed E-state index contributed by atoms with van der Waals surface area (Å²) in [6.07, 6.45) is 0. The van der Waals surface area contributed by atoms with E-state index in [2.05, 4.69) is 36.5 Å². The normalized spacial score (nSPS) is 10.4. The summed E-state index contributed by atoms with van der Waals surface area (Å²) in [6.45, 7) is 4.49. The molecule has 0 bridgehead atoms. The Labute approximate surface area is 129 Å². The van der Waals surface area contributed by atoms with Gasteiger partial charge in [-0.2, -0.15) is 0 Å². The molecule has 0 spiro atoms. The summed E-state index contributed by atoms with van der Waals surface area (Å²) >= 11 is 1.70. The lowest BCUT2D eigenvalue weighted by molar-refractivity contribution is 0.0953. The predicted molar refractivity (Wildman–Crippen MR) is 87.1 cm³/mol. The molecule has 0 saturated carbocycles. The van der Waals surface area contributed by atoms with E-state index in [1.807, 2.05) is 13.0 Å². The van der Waals surface area contributed by atoms with Crippen molar-refractivity contribution in [3.8, 4) is 5.75 Å². The molecular weight excluding hydrogens is 282 g/mol. The molecule has 2 rings (SSSR count). The molecule has 0 aliphatic heterocycles. The van der Waals surface area contributed by atoms with Gasteiger partial charge in [0.1, 0.15) is 5.75 Å². The number of hydrogen-bond donors (Lipinski definition) is 2. The maximum atomic E-state index is 12.0. The van der Waals surface area contributed by atoms with Crippen molar-refractivity contribution in [3.05, 3.63) is 59.2 Å². The first-order valence-electron chi connectivity index (χ1n) is 6.83. The number of thioether (sulfide) groups is 1. The van der Waals surface area contributed by atoms with Gasteiger partial charge >= 0.3 is 0 Å².